The van der Waals surface area contributed by atoms with Gasteiger partial charge < -0.3 is 20.5 Å². The predicted octanol–water partition coefficient (Wildman–Crippen LogP) is -1.02. The van der Waals surface area contributed by atoms with Gasteiger partial charge in [0, 0.05) is 12.3 Å². The highest BCUT2D eigenvalue weighted by atomic mass is 32.1. The van der Waals surface area contributed by atoms with Gasteiger partial charge in [0.05, 0.1) is 25.9 Å². The summed E-state index contributed by atoms with van der Waals surface area (Å²) in [5, 5.41) is 2.61. The lowest BCUT2D eigenvalue weighted by Gasteiger charge is -2.09. The summed E-state index contributed by atoms with van der Waals surface area (Å²) >= 11 is 3.91. The third-order valence-electron chi connectivity index (χ3n) is 1.76. The van der Waals surface area contributed by atoms with Crippen molar-refractivity contribution >= 4 is 24.3 Å². The Bertz CT molecular complexity index is 238. The van der Waals surface area contributed by atoms with Gasteiger partial charge in [-0.3, -0.25) is 9.59 Å². The molecule has 0 aromatic rings. The average Bonchev–Trinajstić information content (AvgIpc) is 2.30. The van der Waals surface area contributed by atoms with E-state index in [1.165, 1.54) is 6.92 Å². The first-order valence-corrected chi connectivity index (χ1v) is 6.00. The molecule has 0 saturated carbocycles. The fraction of sp³-hybridized carbons (Fsp3) is 0.800. The molecule has 1 atom stereocenters. The molecule has 0 aliphatic heterocycles. The van der Waals surface area contributed by atoms with Gasteiger partial charge in [-0.25, -0.2) is 0 Å². The number of ketones is 1. The molecule has 0 radical (unpaired) electrons. The van der Waals surface area contributed by atoms with Gasteiger partial charge in [0.1, 0.15) is 6.61 Å². The van der Waals surface area contributed by atoms with Crippen molar-refractivity contribution in [2.45, 2.75) is 13.0 Å². The summed E-state index contributed by atoms with van der Waals surface area (Å²) in [4.78, 5) is 21.7. The first-order chi connectivity index (χ1) is 8.07. The minimum Gasteiger partial charge on any atom is -0.377 e. The molecule has 1 amide bonds. The second-order valence-corrected chi connectivity index (χ2v) is 3.81. The molecule has 0 fully saturated rings. The monoisotopic (exact) mass is 264 g/mol. The molecule has 0 aromatic heterocycles. The lowest BCUT2D eigenvalue weighted by molar-refractivity contribution is -0.123. The molecule has 0 heterocycles. The molecule has 0 unspecified atom stereocenters. The minimum absolute atomic E-state index is 0.0157. The van der Waals surface area contributed by atoms with Crippen LogP contribution in [-0.4, -0.2) is 56.5 Å². The fourth-order valence-corrected chi connectivity index (χ4v) is 1.06. The zero-order chi connectivity index (χ0) is 13.1. The van der Waals surface area contributed by atoms with Crippen LogP contribution in [0.2, 0.25) is 0 Å². The molecule has 7 heteroatoms. The standard InChI is InChI=1S/C10H20N2O4S/c1-8(13)6-16-5-4-15-3-2-12-10(14)9(11)7-17/h9,17H,2-7,11H2,1H3,(H,12,14)/t9-/m0/s1. The number of carbonyl (C=O) groups is 2. The van der Waals surface area contributed by atoms with Crippen LogP contribution in [-0.2, 0) is 19.1 Å². The summed E-state index contributed by atoms with van der Waals surface area (Å²) in [5.74, 6) is 0.0559. The molecule has 100 valence electrons. The molecular weight excluding hydrogens is 244 g/mol. The van der Waals surface area contributed by atoms with Gasteiger partial charge in [0.2, 0.25) is 5.91 Å². The fourth-order valence-electron chi connectivity index (χ4n) is 0.896. The van der Waals surface area contributed by atoms with Crippen molar-refractivity contribution in [2.75, 3.05) is 38.7 Å². The zero-order valence-corrected chi connectivity index (χ0v) is 10.9. The van der Waals surface area contributed by atoms with Crippen molar-refractivity contribution in [3.8, 4) is 0 Å². The van der Waals surface area contributed by atoms with Crippen LogP contribution in [0.25, 0.3) is 0 Å². The Morgan fingerprint density at radius 1 is 1.29 bits per heavy atom. The SMILES string of the molecule is CC(=O)COCCOCCNC(=O)[C@@H](N)CS. The van der Waals surface area contributed by atoms with Crippen LogP contribution < -0.4 is 11.1 Å². The third kappa shape index (κ3) is 10.3. The first kappa shape index (κ1) is 16.4. The highest BCUT2D eigenvalue weighted by molar-refractivity contribution is 7.80. The van der Waals surface area contributed by atoms with E-state index in [0.29, 0.717) is 32.1 Å². The van der Waals surface area contributed by atoms with Gasteiger partial charge >= 0.3 is 0 Å². The Kier molecular flexibility index (Phi) is 10.1. The number of rotatable bonds is 10. The quantitative estimate of drug-likeness (QED) is 0.347. The largest absolute Gasteiger partial charge is 0.377 e. The van der Waals surface area contributed by atoms with Crippen LogP contribution in [0.1, 0.15) is 6.92 Å². The van der Waals surface area contributed by atoms with Crippen molar-refractivity contribution < 1.29 is 19.1 Å². The Hall–Kier alpha value is -0.630. The van der Waals surface area contributed by atoms with Crippen LogP contribution >= 0.6 is 12.6 Å². The van der Waals surface area contributed by atoms with Crippen LogP contribution in [0.15, 0.2) is 0 Å². The van der Waals surface area contributed by atoms with E-state index in [-0.39, 0.29) is 18.3 Å². The van der Waals surface area contributed by atoms with Crippen LogP contribution in [0.4, 0.5) is 0 Å². The van der Waals surface area contributed by atoms with Gasteiger partial charge in [-0.05, 0) is 6.92 Å². The van der Waals surface area contributed by atoms with Crippen molar-refractivity contribution in [2.24, 2.45) is 5.73 Å². The van der Waals surface area contributed by atoms with Gasteiger partial charge in [0.25, 0.3) is 0 Å². The lowest BCUT2D eigenvalue weighted by Crippen LogP contribution is -2.43. The highest BCUT2D eigenvalue weighted by Crippen LogP contribution is 1.83. The first-order valence-electron chi connectivity index (χ1n) is 5.37. The van der Waals surface area contributed by atoms with E-state index in [2.05, 4.69) is 17.9 Å². The smallest absolute Gasteiger partial charge is 0.237 e. The molecule has 0 rings (SSSR count). The Balaban J connectivity index is 3.24. The van der Waals surface area contributed by atoms with E-state index in [1.54, 1.807) is 0 Å². The van der Waals surface area contributed by atoms with Crippen molar-refractivity contribution in [3.63, 3.8) is 0 Å². The molecule has 0 spiro atoms. The zero-order valence-electron chi connectivity index (χ0n) is 9.98. The van der Waals surface area contributed by atoms with Crippen LogP contribution in [0.5, 0.6) is 0 Å². The van der Waals surface area contributed by atoms with Gasteiger partial charge in [-0.1, -0.05) is 0 Å². The summed E-state index contributed by atoms with van der Waals surface area (Å²) in [5.41, 5.74) is 5.44. The summed E-state index contributed by atoms with van der Waals surface area (Å²) in [7, 11) is 0. The van der Waals surface area contributed by atoms with Crippen LogP contribution in [0, 0.1) is 0 Å². The third-order valence-corrected chi connectivity index (χ3v) is 2.15. The number of Topliss-reactive ketones (excluding diaryl/α,β-unsaturated/α-hetero) is 1. The summed E-state index contributed by atoms with van der Waals surface area (Å²) < 4.78 is 10.2. The number of ether oxygens (including phenoxy) is 2. The van der Waals surface area contributed by atoms with E-state index in [1.807, 2.05) is 0 Å². The highest BCUT2D eigenvalue weighted by Gasteiger charge is 2.09. The molecule has 0 aliphatic carbocycles. The Labute approximate surface area is 107 Å². The molecule has 6 nitrogen and oxygen atoms in total. The maximum atomic E-state index is 11.2. The number of hydrogen-bond donors (Lipinski definition) is 3. The lowest BCUT2D eigenvalue weighted by atomic mass is 10.3. The Morgan fingerprint density at radius 3 is 2.53 bits per heavy atom. The van der Waals surface area contributed by atoms with E-state index in [0.717, 1.165) is 0 Å². The van der Waals surface area contributed by atoms with Gasteiger partial charge in [-0.15, -0.1) is 0 Å². The Morgan fingerprint density at radius 2 is 1.94 bits per heavy atom. The minimum atomic E-state index is -0.586. The summed E-state index contributed by atoms with van der Waals surface area (Å²) in [6.45, 7) is 3.10. The average molecular weight is 264 g/mol. The number of carbonyl (C=O) groups excluding carboxylic acids is 2. The van der Waals surface area contributed by atoms with Gasteiger partial charge in [0.15, 0.2) is 5.78 Å². The molecule has 3 N–H and O–H groups in total. The molecule has 0 aromatic carbocycles. The van der Waals surface area contributed by atoms with Crippen LogP contribution in [0.3, 0.4) is 0 Å². The van der Waals surface area contributed by atoms with E-state index in [9.17, 15) is 9.59 Å². The molecule has 17 heavy (non-hydrogen) atoms. The van der Waals surface area contributed by atoms with Crippen molar-refractivity contribution in [3.05, 3.63) is 0 Å². The van der Waals surface area contributed by atoms with E-state index >= 15 is 0 Å². The predicted molar refractivity (Wildman–Crippen MR) is 67.2 cm³/mol. The van der Waals surface area contributed by atoms with Crippen molar-refractivity contribution in [1.29, 1.82) is 0 Å². The number of amides is 1. The van der Waals surface area contributed by atoms with E-state index < -0.39 is 6.04 Å². The molecule has 0 aliphatic rings. The van der Waals surface area contributed by atoms with E-state index in [4.69, 9.17) is 15.2 Å². The number of nitrogens with one attached hydrogen (secondary N) is 1. The maximum Gasteiger partial charge on any atom is 0.237 e. The molecule has 0 saturated heterocycles. The maximum absolute atomic E-state index is 11.2. The summed E-state index contributed by atoms with van der Waals surface area (Å²) in [6, 6.07) is -0.586. The second-order valence-electron chi connectivity index (χ2n) is 3.45. The van der Waals surface area contributed by atoms with Gasteiger partial charge in [-0.2, -0.15) is 12.6 Å². The summed E-state index contributed by atoms with van der Waals surface area (Å²) in [6.07, 6.45) is 0. The number of nitrogens with two attached hydrogens (primary N) is 1. The number of hydrogen-bond acceptors (Lipinski definition) is 6. The molecular formula is C10H20N2O4S. The second kappa shape index (κ2) is 10.5. The number of thiol groups is 1. The normalized spacial score (nSPS) is 12.2. The molecule has 0 bridgehead atoms. The topological polar surface area (TPSA) is 90.6 Å². The van der Waals surface area contributed by atoms with Crippen molar-refractivity contribution in [1.82, 2.24) is 5.32 Å².